The minimum absolute atomic E-state index is 0.174. The summed E-state index contributed by atoms with van der Waals surface area (Å²) < 4.78 is 38.4. The first-order valence-corrected chi connectivity index (χ1v) is 11.2. The first-order valence-electron chi connectivity index (χ1n) is 10.8. The number of halogens is 4. The number of fused-ring (bicyclic) bond motifs is 1. The Bertz CT molecular complexity index is 1040. The first kappa shape index (κ1) is 23.6. The zero-order valence-electron chi connectivity index (χ0n) is 18.1. The quantitative estimate of drug-likeness (QED) is 0.695. The van der Waals surface area contributed by atoms with E-state index in [0.29, 0.717) is 31.2 Å². The number of likely N-dealkylation sites (tertiary alicyclic amines) is 2. The van der Waals surface area contributed by atoms with E-state index in [1.165, 1.54) is 12.1 Å². The number of aryl methyl sites for hydroxylation is 1. The predicted molar refractivity (Wildman–Crippen MR) is 119 cm³/mol. The van der Waals surface area contributed by atoms with Gasteiger partial charge in [-0.3, -0.25) is 14.5 Å². The lowest BCUT2D eigenvalue weighted by molar-refractivity contribution is -0.137. The molecule has 0 aromatic heterocycles. The van der Waals surface area contributed by atoms with E-state index in [0.717, 1.165) is 23.3 Å². The molecule has 0 saturated carbocycles. The molecule has 2 amide bonds. The third-order valence-electron chi connectivity index (χ3n) is 6.68. The Morgan fingerprint density at radius 1 is 1.06 bits per heavy atom. The van der Waals surface area contributed by atoms with E-state index in [1.807, 2.05) is 25.1 Å². The molecule has 4 rings (SSSR count). The van der Waals surface area contributed by atoms with Gasteiger partial charge < -0.3 is 10.6 Å². The molecule has 9 heteroatoms. The van der Waals surface area contributed by atoms with Crippen LogP contribution in [0.1, 0.15) is 39.5 Å². The number of carbonyl (C=O) groups excluding carboxylic acids is 2. The molecule has 2 N–H and O–H groups in total. The number of primary amides is 1. The lowest BCUT2D eigenvalue weighted by Crippen LogP contribution is -2.36. The van der Waals surface area contributed by atoms with Gasteiger partial charge in [0.05, 0.1) is 5.56 Å². The molecule has 3 unspecified atom stereocenters. The van der Waals surface area contributed by atoms with Crippen molar-refractivity contribution in [2.24, 2.45) is 17.6 Å². The van der Waals surface area contributed by atoms with Gasteiger partial charge >= 0.3 is 6.18 Å². The van der Waals surface area contributed by atoms with E-state index >= 15 is 0 Å². The maximum atomic E-state index is 12.8. The van der Waals surface area contributed by atoms with Gasteiger partial charge in [0, 0.05) is 49.2 Å². The molecule has 0 aliphatic carbocycles. The number of alkyl halides is 3. The van der Waals surface area contributed by atoms with Crippen molar-refractivity contribution in [1.82, 2.24) is 9.80 Å². The zero-order valence-corrected chi connectivity index (χ0v) is 18.9. The first-order chi connectivity index (χ1) is 15.5. The molecule has 2 aromatic carbocycles. The van der Waals surface area contributed by atoms with Gasteiger partial charge in [-0.15, -0.1) is 0 Å². The van der Waals surface area contributed by atoms with E-state index in [1.54, 1.807) is 4.90 Å². The average molecular weight is 480 g/mol. The Hall–Kier alpha value is -2.58. The van der Waals surface area contributed by atoms with Gasteiger partial charge in [0.1, 0.15) is 0 Å². The van der Waals surface area contributed by atoms with Crippen LogP contribution in [0.4, 0.5) is 13.2 Å². The maximum Gasteiger partial charge on any atom is 0.416 e. The molecular formula is C24H25ClF3N3O2. The summed E-state index contributed by atoms with van der Waals surface area (Å²) >= 11 is 6.30. The molecule has 176 valence electrons. The second kappa shape index (κ2) is 8.99. The van der Waals surface area contributed by atoms with Crippen LogP contribution < -0.4 is 5.73 Å². The summed E-state index contributed by atoms with van der Waals surface area (Å²) in [5, 5.41) is 0.634. The molecule has 3 atom stereocenters. The van der Waals surface area contributed by atoms with Crippen LogP contribution in [0.2, 0.25) is 5.02 Å². The summed E-state index contributed by atoms with van der Waals surface area (Å²) in [5.41, 5.74) is 6.89. The topological polar surface area (TPSA) is 66.6 Å². The van der Waals surface area contributed by atoms with E-state index in [4.69, 9.17) is 17.3 Å². The van der Waals surface area contributed by atoms with Crippen LogP contribution in [0.3, 0.4) is 0 Å². The highest BCUT2D eigenvalue weighted by Gasteiger charge is 2.44. The number of hydrogen-bond donors (Lipinski definition) is 1. The average Bonchev–Trinajstić information content (AvgIpc) is 3.32. The van der Waals surface area contributed by atoms with Gasteiger partial charge in [-0.1, -0.05) is 23.7 Å². The molecular weight excluding hydrogens is 455 g/mol. The molecule has 2 heterocycles. The fraction of sp³-hybridized carbons (Fsp3) is 0.417. The van der Waals surface area contributed by atoms with Crippen molar-refractivity contribution < 1.29 is 22.8 Å². The predicted octanol–water partition coefficient (Wildman–Crippen LogP) is 4.29. The highest BCUT2D eigenvalue weighted by Crippen LogP contribution is 2.38. The van der Waals surface area contributed by atoms with Crippen molar-refractivity contribution in [2.75, 3.05) is 26.2 Å². The molecule has 2 aliphatic rings. The second-order valence-corrected chi connectivity index (χ2v) is 9.36. The molecule has 5 nitrogen and oxygen atoms in total. The number of nitrogens with zero attached hydrogens (tertiary/aromatic N) is 2. The monoisotopic (exact) mass is 479 g/mol. The Morgan fingerprint density at radius 2 is 1.67 bits per heavy atom. The number of rotatable bonds is 5. The zero-order chi connectivity index (χ0) is 23.9. The van der Waals surface area contributed by atoms with Gasteiger partial charge in [0.25, 0.3) is 5.91 Å². The van der Waals surface area contributed by atoms with Crippen LogP contribution in [-0.2, 0) is 11.0 Å². The van der Waals surface area contributed by atoms with Crippen LogP contribution >= 0.6 is 11.6 Å². The van der Waals surface area contributed by atoms with Crippen LogP contribution in [-0.4, -0.2) is 47.8 Å². The number of benzene rings is 2. The van der Waals surface area contributed by atoms with Crippen molar-refractivity contribution in [3.8, 4) is 0 Å². The maximum absolute atomic E-state index is 12.8. The minimum atomic E-state index is -4.43. The molecule has 0 bridgehead atoms. The summed E-state index contributed by atoms with van der Waals surface area (Å²) in [4.78, 5) is 28.5. The fourth-order valence-electron chi connectivity index (χ4n) is 4.90. The van der Waals surface area contributed by atoms with Crippen LogP contribution in [0.15, 0.2) is 42.5 Å². The van der Waals surface area contributed by atoms with Crippen LogP contribution in [0.25, 0.3) is 0 Å². The van der Waals surface area contributed by atoms with E-state index in [2.05, 4.69) is 4.90 Å². The second-order valence-electron chi connectivity index (χ2n) is 8.95. The normalized spacial score (nSPS) is 21.8. The number of carbonyl (C=O) groups is 2. The summed E-state index contributed by atoms with van der Waals surface area (Å²) in [6.07, 6.45) is -4.26. The Labute approximate surface area is 195 Å². The number of amides is 2. The SMILES string of the molecule is Cc1ccc(C(CC(N)=O)N2CC3CN(C(=O)c4ccc(C(F)(F)F)cc4)CC3C2)cc1Cl. The van der Waals surface area contributed by atoms with E-state index in [-0.39, 0.29) is 35.8 Å². The van der Waals surface area contributed by atoms with Crippen molar-refractivity contribution in [1.29, 1.82) is 0 Å². The summed E-state index contributed by atoms with van der Waals surface area (Å²) in [6.45, 7) is 4.37. The lowest BCUT2D eigenvalue weighted by Gasteiger charge is -2.29. The Morgan fingerprint density at radius 3 is 2.18 bits per heavy atom. The third kappa shape index (κ3) is 5.01. The van der Waals surface area contributed by atoms with Crippen molar-refractivity contribution >= 4 is 23.4 Å². The molecule has 33 heavy (non-hydrogen) atoms. The lowest BCUT2D eigenvalue weighted by atomic mass is 10.0. The van der Waals surface area contributed by atoms with Crippen molar-refractivity contribution in [3.05, 3.63) is 69.7 Å². The standard InChI is InChI=1S/C24H25ClF3N3O2/c1-14-2-3-16(8-20(14)25)21(9-22(29)32)30-10-17-12-31(13-18(17)11-30)23(33)15-4-6-19(7-5-15)24(26,27)28/h2-8,17-18,21H,9-13H2,1H3,(H2,29,32). The molecule has 2 fully saturated rings. The van der Waals surface area contributed by atoms with Crippen LogP contribution in [0, 0.1) is 18.8 Å². The largest absolute Gasteiger partial charge is 0.416 e. The van der Waals surface area contributed by atoms with Gasteiger partial charge in [-0.05, 0) is 60.2 Å². The summed E-state index contributed by atoms with van der Waals surface area (Å²) in [6, 6.07) is 9.91. The molecule has 2 saturated heterocycles. The number of hydrogen-bond acceptors (Lipinski definition) is 3. The van der Waals surface area contributed by atoms with Crippen LogP contribution in [0.5, 0.6) is 0 Å². The highest BCUT2D eigenvalue weighted by atomic mass is 35.5. The highest BCUT2D eigenvalue weighted by molar-refractivity contribution is 6.31. The van der Waals surface area contributed by atoms with Gasteiger partial charge in [0.2, 0.25) is 5.91 Å². The third-order valence-corrected chi connectivity index (χ3v) is 7.08. The number of nitrogens with two attached hydrogens (primary N) is 1. The van der Waals surface area contributed by atoms with E-state index < -0.39 is 17.6 Å². The van der Waals surface area contributed by atoms with Gasteiger partial charge in [-0.2, -0.15) is 13.2 Å². The summed E-state index contributed by atoms with van der Waals surface area (Å²) in [5.74, 6) is -0.212. The minimum Gasteiger partial charge on any atom is -0.370 e. The molecule has 0 radical (unpaired) electrons. The van der Waals surface area contributed by atoms with Crippen molar-refractivity contribution in [3.63, 3.8) is 0 Å². The molecule has 2 aromatic rings. The Balaban J connectivity index is 1.43. The van der Waals surface area contributed by atoms with Crippen molar-refractivity contribution in [2.45, 2.75) is 25.6 Å². The van der Waals surface area contributed by atoms with Gasteiger partial charge in [-0.25, -0.2) is 0 Å². The molecule has 0 spiro atoms. The summed E-state index contributed by atoms with van der Waals surface area (Å²) in [7, 11) is 0. The van der Waals surface area contributed by atoms with E-state index in [9.17, 15) is 22.8 Å². The molecule has 2 aliphatic heterocycles. The Kier molecular flexibility index (Phi) is 6.42. The smallest absolute Gasteiger partial charge is 0.370 e. The fourth-order valence-corrected chi connectivity index (χ4v) is 5.09. The van der Waals surface area contributed by atoms with Gasteiger partial charge in [0.15, 0.2) is 0 Å².